The van der Waals surface area contributed by atoms with Crippen molar-refractivity contribution in [3.8, 4) is 0 Å². The van der Waals surface area contributed by atoms with Gasteiger partial charge >= 0.3 is 0 Å². The summed E-state index contributed by atoms with van der Waals surface area (Å²) in [5.41, 5.74) is 1.56. The van der Waals surface area contributed by atoms with E-state index in [1.807, 2.05) is 32.0 Å². The second kappa shape index (κ2) is 2.58. The van der Waals surface area contributed by atoms with Crippen LogP contribution in [0.15, 0.2) is 22.7 Å². The van der Waals surface area contributed by atoms with E-state index in [2.05, 4.69) is 21.2 Å². The molecule has 3 heteroatoms. The predicted molar refractivity (Wildman–Crippen MR) is 55.8 cm³/mol. The van der Waals surface area contributed by atoms with Crippen molar-refractivity contribution >= 4 is 27.5 Å². The van der Waals surface area contributed by atoms with Crippen LogP contribution in [0.1, 0.15) is 19.4 Å². The Morgan fingerprint density at radius 2 is 2.08 bits per heavy atom. The third-order valence-corrected chi connectivity index (χ3v) is 3.12. The van der Waals surface area contributed by atoms with Gasteiger partial charge < -0.3 is 5.32 Å². The molecule has 68 valence electrons. The number of fused-ring (bicyclic) bond motifs is 1. The fourth-order valence-electron chi connectivity index (χ4n) is 1.66. The number of benzene rings is 1. The molecule has 1 heterocycles. The van der Waals surface area contributed by atoms with Crippen LogP contribution in [0, 0.1) is 0 Å². The van der Waals surface area contributed by atoms with E-state index in [1.54, 1.807) is 0 Å². The minimum absolute atomic E-state index is 0.0643. The van der Waals surface area contributed by atoms with Crippen molar-refractivity contribution in [1.29, 1.82) is 0 Å². The molecule has 13 heavy (non-hydrogen) atoms. The molecule has 0 saturated carbocycles. The lowest BCUT2D eigenvalue weighted by Gasteiger charge is -2.16. The molecule has 1 aromatic rings. The van der Waals surface area contributed by atoms with E-state index in [0.29, 0.717) is 0 Å². The van der Waals surface area contributed by atoms with Crippen LogP contribution in [0.4, 0.5) is 5.69 Å². The molecule has 0 fully saturated rings. The topological polar surface area (TPSA) is 29.1 Å². The summed E-state index contributed by atoms with van der Waals surface area (Å²) < 4.78 is 0.994. The van der Waals surface area contributed by atoms with E-state index in [4.69, 9.17) is 0 Å². The number of amides is 1. The van der Waals surface area contributed by atoms with Gasteiger partial charge in [-0.05, 0) is 26.0 Å². The van der Waals surface area contributed by atoms with Crippen LogP contribution >= 0.6 is 15.9 Å². The summed E-state index contributed by atoms with van der Waals surface area (Å²) >= 11 is 3.46. The Hall–Kier alpha value is -0.830. The summed E-state index contributed by atoms with van der Waals surface area (Å²) in [6.45, 7) is 3.86. The SMILES string of the molecule is CC1(C)C(=O)Nc2cccc(Br)c21. The standard InChI is InChI=1S/C10H10BrNO/c1-10(2)8-6(11)4-3-5-7(8)12-9(10)13/h3-5H,1-2H3,(H,12,13). The van der Waals surface area contributed by atoms with Crippen LogP contribution in [0.2, 0.25) is 0 Å². The molecular weight excluding hydrogens is 230 g/mol. The maximum absolute atomic E-state index is 11.6. The Morgan fingerprint density at radius 3 is 2.69 bits per heavy atom. The predicted octanol–water partition coefficient (Wildman–Crippen LogP) is 2.68. The molecule has 1 aromatic carbocycles. The third kappa shape index (κ3) is 1.10. The van der Waals surface area contributed by atoms with Gasteiger partial charge in [0.25, 0.3) is 0 Å². The molecule has 1 aliphatic rings. The van der Waals surface area contributed by atoms with Gasteiger partial charge in [-0.25, -0.2) is 0 Å². The first kappa shape index (κ1) is 8.75. The highest BCUT2D eigenvalue weighted by atomic mass is 79.9. The van der Waals surface area contributed by atoms with Crippen molar-refractivity contribution in [3.05, 3.63) is 28.2 Å². The van der Waals surface area contributed by atoms with Crippen molar-refractivity contribution in [2.75, 3.05) is 5.32 Å². The van der Waals surface area contributed by atoms with E-state index in [0.717, 1.165) is 15.7 Å². The minimum Gasteiger partial charge on any atom is -0.325 e. The Labute approximate surface area is 85.5 Å². The Bertz CT molecular complexity index is 385. The Kier molecular flexibility index (Phi) is 1.74. The molecule has 0 aromatic heterocycles. The molecular formula is C10H10BrNO. The first-order valence-electron chi connectivity index (χ1n) is 4.14. The van der Waals surface area contributed by atoms with Gasteiger partial charge in [0.1, 0.15) is 0 Å². The van der Waals surface area contributed by atoms with Crippen molar-refractivity contribution in [1.82, 2.24) is 0 Å². The van der Waals surface area contributed by atoms with Gasteiger partial charge in [0.2, 0.25) is 5.91 Å². The minimum atomic E-state index is -0.421. The molecule has 0 bridgehead atoms. The number of carbonyl (C=O) groups excluding carboxylic acids is 1. The highest BCUT2D eigenvalue weighted by Crippen LogP contribution is 2.41. The summed E-state index contributed by atoms with van der Waals surface area (Å²) in [6, 6.07) is 5.80. The smallest absolute Gasteiger partial charge is 0.234 e. The molecule has 1 N–H and O–H groups in total. The van der Waals surface area contributed by atoms with Gasteiger partial charge in [0, 0.05) is 15.7 Å². The number of anilines is 1. The molecule has 1 aliphatic heterocycles. The van der Waals surface area contributed by atoms with Crippen LogP contribution < -0.4 is 5.32 Å². The summed E-state index contributed by atoms with van der Waals surface area (Å²) in [5.74, 6) is 0.0643. The van der Waals surface area contributed by atoms with Crippen molar-refractivity contribution in [3.63, 3.8) is 0 Å². The quantitative estimate of drug-likeness (QED) is 0.742. The summed E-state index contributed by atoms with van der Waals surface area (Å²) in [7, 11) is 0. The molecule has 2 rings (SSSR count). The monoisotopic (exact) mass is 239 g/mol. The summed E-state index contributed by atoms with van der Waals surface area (Å²) in [6.07, 6.45) is 0. The lowest BCUT2D eigenvalue weighted by atomic mass is 9.86. The summed E-state index contributed by atoms with van der Waals surface area (Å²) in [5, 5.41) is 2.86. The highest BCUT2D eigenvalue weighted by Gasteiger charge is 2.39. The number of halogens is 1. The molecule has 0 radical (unpaired) electrons. The average molecular weight is 240 g/mol. The van der Waals surface area contributed by atoms with E-state index in [9.17, 15) is 4.79 Å². The van der Waals surface area contributed by atoms with Gasteiger partial charge in [-0.15, -0.1) is 0 Å². The van der Waals surface area contributed by atoms with Gasteiger partial charge in [0.15, 0.2) is 0 Å². The van der Waals surface area contributed by atoms with Crippen molar-refractivity contribution < 1.29 is 4.79 Å². The van der Waals surface area contributed by atoms with Gasteiger partial charge in [-0.1, -0.05) is 22.0 Å². The van der Waals surface area contributed by atoms with E-state index < -0.39 is 5.41 Å². The average Bonchev–Trinajstić information content (AvgIpc) is 2.24. The van der Waals surface area contributed by atoms with Crippen LogP contribution in [0.3, 0.4) is 0 Å². The van der Waals surface area contributed by atoms with Gasteiger partial charge in [-0.2, -0.15) is 0 Å². The van der Waals surface area contributed by atoms with Crippen LogP contribution in [0.25, 0.3) is 0 Å². The lowest BCUT2D eigenvalue weighted by Crippen LogP contribution is -2.27. The zero-order chi connectivity index (χ0) is 9.64. The largest absolute Gasteiger partial charge is 0.325 e. The number of carbonyl (C=O) groups is 1. The maximum Gasteiger partial charge on any atom is 0.234 e. The first-order valence-corrected chi connectivity index (χ1v) is 4.93. The van der Waals surface area contributed by atoms with Crippen molar-refractivity contribution in [2.24, 2.45) is 0 Å². The maximum atomic E-state index is 11.6. The zero-order valence-corrected chi connectivity index (χ0v) is 9.10. The van der Waals surface area contributed by atoms with Gasteiger partial charge in [-0.3, -0.25) is 4.79 Å². The second-order valence-corrected chi connectivity index (χ2v) is 4.60. The second-order valence-electron chi connectivity index (χ2n) is 3.74. The Morgan fingerprint density at radius 1 is 1.38 bits per heavy atom. The van der Waals surface area contributed by atoms with E-state index in [1.165, 1.54) is 0 Å². The number of nitrogens with one attached hydrogen (secondary N) is 1. The van der Waals surface area contributed by atoms with Crippen LogP contribution in [-0.4, -0.2) is 5.91 Å². The van der Waals surface area contributed by atoms with E-state index in [-0.39, 0.29) is 5.91 Å². The van der Waals surface area contributed by atoms with Crippen LogP contribution in [-0.2, 0) is 10.2 Å². The molecule has 0 saturated heterocycles. The highest BCUT2D eigenvalue weighted by molar-refractivity contribution is 9.10. The molecule has 0 aliphatic carbocycles. The number of rotatable bonds is 0. The third-order valence-electron chi connectivity index (χ3n) is 2.45. The fraction of sp³-hybridized carbons (Fsp3) is 0.300. The Balaban J connectivity index is 2.70. The van der Waals surface area contributed by atoms with E-state index >= 15 is 0 Å². The molecule has 0 unspecified atom stereocenters. The molecule has 0 spiro atoms. The zero-order valence-electron chi connectivity index (χ0n) is 7.52. The summed E-state index contributed by atoms with van der Waals surface area (Å²) in [4.78, 5) is 11.6. The first-order chi connectivity index (χ1) is 6.03. The van der Waals surface area contributed by atoms with Gasteiger partial charge in [0.05, 0.1) is 5.41 Å². The van der Waals surface area contributed by atoms with Crippen molar-refractivity contribution in [2.45, 2.75) is 19.3 Å². The molecule has 0 atom stereocenters. The molecule has 1 amide bonds. The van der Waals surface area contributed by atoms with Crippen LogP contribution in [0.5, 0.6) is 0 Å². The fourth-order valence-corrected chi connectivity index (χ4v) is 2.52. The normalized spacial score (nSPS) is 18.2. The number of hydrogen-bond acceptors (Lipinski definition) is 1. The number of hydrogen-bond donors (Lipinski definition) is 1. The molecule has 2 nitrogen and oxygen atoms in total. The lowest BCUT2D eigenvalue weighted by molar-refractivity contribution is -0.119.